The first kappa shape index (κ1) is 12.4. The van der Waals surface area contributed by atoms with Gasteiger partial charge < -0.3 is 15.4 Å². The number of rotatable bonds is 5. The van der Waals surface area contributed by atoms with Crippen LogP contribution >= 0.6 is 23.2 Å². The molecule has 0 aliphatic heterocycles. The number of hydrogen-bond acceptors (Lipinski definition) is 2. The minimum Gasteiger partial charge on any atom is -0.396 e. The smallest absolute Gasteiger partial charge is 0.267 e. The zero-order valence-corrected chi connectivity index (χ0v) is 9.53. The van der Waals surface area contributed by atoms with Gasteiger partial charge in [0.05, 0.1) is 5.02 Å². The minimum atomic E-state index is -0.248. The van der Waals surface area contributed by atoms with Crippen molar-refractivity contribution in [2.75, 3.05) is 13.2 Å². The molecule has 1 heterocycles. The van der Waals surface area contributed by atoms with Crippen LogP contribution in [0, 0.1) is 0 Å². The topological polar surface area (TPSA) is 65.1 Å². The van der Waals surface area contributed by atoms with Crippen LogP contribution in [0.15, 0.2) is 6.07 Å². The van der Waals surface area contributed by atoms with Gasteiger partial charge in [-0.3, -0.25) is 4.79 Å². The molecule has 0 saturated carbocycles. The molecule has 0 unspecified atom stereocenters. The van der Waals surface area contributed by atoms with Crippen molar-refractivity contribution in [2.24, 2.45) is 0 Å². The van der Waals surface area contributed by atoms with E-state index < -0.39 is 0 Å². The van der Waals surface area contributed by atoms with Gasteiger partial charge in [0.15, 0.2) is 0 Å². The number of amides is 1. The number of aliphatic hydroxyl groups is 1. The number of aromatic nitrogens is 1. The van der Waals surface area contributed by atoms with Crippen molar-refractivity contribution in [1.82, 2.24) is 10.3 Å². The van der Waals surface area contributed by atoms with Crippen LogP contribution in [0.25, 0.3) is 0 Å². The fourth-order valence-electron chi connectivity index (χ4n) is 1.06. The summed E-state index contributed by atoms with van der Waals surface area (Å²) in [5.74, 6) is -0.248. The first-order valence-electron chi connectivity index (χ1n) is 4.58. The van der Waals surface area contributed by atoms with Crippen molar-refractivity contribution in [3.05, 3.63) is 21.9 Å². The molecule has 1 aromatic heterocycles. The van der Waals surface area contributed by atoms with Gasteiger partial charge in [0.1, 0.15) is 10.8 Å². The summed E-state index contributed by atoms with van der Waals surface area (Å²) in [4.78, 5) is 14.1. The van der Waals surface area contributed by atoms with Gasteiger partial charge in [-0.15, -0.1) is 0 Å². The van der Waals surface area contributed by atoms with Gasteiger partial charge >= 0.3 is 0 Å². The quantitative estimate of drug-likeness (QED) is 0.699. The van der Waals surface area contributed by atoms with Crippen LogP contribution in [-0.4, -0.2) is 29.1 Å². The number of carbonyl (C=O) groups excluding carboxylic acids is 1. The molecular weight excluding hydrogens is 239 g/mol. The number of nitrogens with one attached hydrogen (secondary N) is 2. The van der Waals surface area contributed by atoms with Crippen LogP contribution in [-0.2, 0) is 0 Å². The van der Waals surface area contributed by atoms with E-state index in [0.29, 0.717) is 23.7 Å². The summed E-state index contributed by atoms with van der Waals surface area (Å²) in [6.45, 7) is 0.656. The lowest BCUT2D eigenvalue weighted by Gasteiger charge is -2.01. The first-order chi connectivity index (χ1) is 7.15. The van der Waals surface area contributed by atoms with Gasteiger partial charge in [-0.25, -0.2) is 0 Å². The van der Waals surface area contributed by atoms with E-state index in [1.165, 1.54) is 6.07 Å². The van der Waals surface area contributed by atoms with Gasteiger partial charge in [-0.05, 0) is 18.9 Å². The molecule has 1 rings (SSSR count). The lowest BCUT2D eigenvalue weighted by Crippen LogP contribution is -2.24. The molecule has 0 aromatic carbocycles. The van der Waals surface area contributed by atoms with Crippen molar-refractivity contribution in [3.63, 3.8) is 0 Å². The third-order valence-corrected chi connectivity index (χ3v) is 2.53. The van der Waals surface area contributed by atoms with Crippen molar-refractivity contribution in [3.8, 4) is 0 Å². The van der Waals surface area contributed by atoms with Gasteiger partial charge in [0.2, 0.25) is 0 Å². The highest BCUT2D eigenvalue weighted by molar-refractivity contribution is 6.41. The second-order valence-corrected chi connectivity index (χ2v) is 3.82. The van der Waals surface area contributed by atoms with Crippen LogP contribution in [0.3, 0.4) is 0 Å². The molecule has 0 radical (unpaired) electrons. The summed E-state index contributed by atoms with van der Waals surface area (Å²) >= 11 is 11.3. The maximum atomic E-state index is 11.5. The predicted molar refractivity (Wildman–Crippen MR) is 59.5 cm³/mol. The highest BCUT2D eigenvalue weighted by atomic mass is 35.5. The summed E-state index contributed by atoms with van der Waals surface area (Å²) in [5, 5.41) is 11.8. The van der Waals surface area contributed by atoms with E-state index in [2.05, 4.69) is 10.3 Å². The standard InChI is InChI=1S/C9H12Cl2N2O2/c10-6-5-7(13-8(6)11)9(15)12-3-1-2-4-14/h5,13-14H,1-4H2,(H,12,15). The van der Waals surface area contributed by atoms with Gasteiger partial charge in [-0.2, -0.15) is 0 Å². The average molecular weight is 251 g/mol. The maximum absolute atomic E-state index is 11.5. The molecule has 0 spiro atoms. The number of unbranched alkanes of at least 4 members (excludes halogenated alkanes) is 1. The lowest BCUT2D eigenvalue weighted by atomic mass is 10.3. The molecule has 0 aliphatic rings. The van der Waals surface area contributed by atoms with E-state index >= 15 is 0 Å². The van der Waals surface area contributed by atoms with E-state index in [1.807, 2.05) is 0 Å². The van der Waals surface area contributed by atoms with E-state index in [9.17, 15) is 4.79 Å². The molecule has 84 valence electrons. The molecule has 1 amide bonds. The van der Waals surface area contributed by atoms with Crippen molar-refractivity contribution >= 4 is 29.1 Å². The van der Waals surface area contributed by atoms with Gasteiger partial charge in [0.25, 0.3) is 5.91 Å². The molecule has 0 saturated heterocycles. The Bertz CT molecular complexity index is 319. The fraction of sp³-hybridized carbons (Fsp3) is 0.444. The normalized spacial score (nSPS) is 10.3. The van der Waals surface area contributed by atoms with Crippen LogP contribution in [0.5, 0.6) is 0 Å². The van der Waals surface area contributed by atoms with Crippen LogP contribution in [0.1, 0.15) is 23.3 Å². The highest BCUT2D eigenvalue weighted by Crippen LogP contribution is 2.21. The number of aromatic amines is 1. The Hall–Kier alpha value is -0.710. The second kappa shape index (κ2) is 6.00. The third kappa shape index (κ3) is 3.74. The van der Waals surface area contributed by atoms with Gasteiger partial charge in [-0.1, -0.05) is 23.2 Å². The van der Waals surface area contributed by atoms with E-state index in [4.69, 9.17) is 28.3 Å². The van der Waals surface area contributed by atoms with Gasteiger partial charge in [0, 0.05) is 13.2 Å². The van der Waals surface area contributed by atoms with E-state index in [1.54, 1.807) is 0 Å². The molecule has 15 heavy (non-hydrogen) atoms. The molecular formula is C9H12Cl2N2O2. The summed E-state index contributed by atoms with van der Waals surface area (Å²) in [6, 6.07) is 1.48. The molecule has 3 N–H and O–H groups in total. The first-order valence-corrected chi connectivity index (χ1v) is 5.34. The number of carbonyl (C=O) groups is 1. The number of aliphatic hydroxyl groups excluding tert-OH is 1. The summed E-state index contributed by atoms with van der Waals surface area (Å²) in [6.07, 6.45) is 1.41. The maximum Gasteiger partial charge on any atom is 0.267 e. The molecule has 0 aliphatic carbocycles. The van der Waals surface area contributed by atoms with Crippen molar-refractivity contribution < 1.29 is 9.90 Å². The molecule has 4 nitrogen and oxygen atoms in total. The molecule has 0 atom stereocenters. The molecule has 6 heteroatoms. The lowest BCUT2D eigenvalue weighted by molar-refractivity contribution is 0.0947. The molecule has 0 bridgehead atoms. The molecule has 1 aromatic rings. The van der Waals surface area contributed by atoms with Crippen molar-refractivity contribution in [1.29, 1.82) is 0 Å². The van der Waals surface area contributed by atoms with Crippen LogP contribution in [0.4, 0.5) is 0 Å². The van der Waals surface area contributed by atoms with Crippen LogP contribution in [0.2, 0.25) is 10.2 Å². The largest absolute Gasteiger partial charge is 0.396 e. The summed E-state index contributed by atoms with van der Waals surface area (Å²) < 4.78 is 0. The summed E-state index contributed by atoms with van der Waals surface area (Å²) in [5.41, 5.74) is 0.342. The SMILES string of the molecule is O=C(NCCCCO)c1cc(Cl)c(Cl)[nH]1. The number of H-pyrrole nitrogens is 1. The zero-order valence-electron chi connectivity index (χ0n) is 8.02. The predicted octanol–water partition coefficient (Wildman–Crippen LogP) is 1.82. The highest BCUT2D eigenvalue weighted by Gasteiger charge is 2.10. The number of hydrogen-bond donors (Lipinski definition) is 3. The Labute approximate surface area is 97.6 Å². The zero-order chi connectivity index (χ0) is 11.3. The van der Waals surface area contributed by atoms with Crippen LogP contribution < -0.4 is 5.32 Å². The van der Waals surface area contributed by atoms with E-state index in [-0.39, 0.29) is 17.7 Å². The Morgan fingerprint density at radius 3 is 2.73 bits per heavy atom. The number of halogens is 2. The third-order valence-electron chi connectivity index (χ3n) is 1.84. The fourth-order valence-corrected chi connectivity index (χ4v) is 1.37. The monoisotopic (exact) mass is 250 g/mol. The Morgan fingerprint density at radius 1 is 1.47 bits per heavy atom. The van der Waals surface area contributed by atoms with Crippen molar-refractivity contribution in [2.45, 2.75) is 12.8 Å². The Balaban J connectivity index is 2.40. The van der Waals surface area contributed by atoms with E-state index in [0.717, 1.165) is 6.42 Å². The minimum absolute atomic E-state index is 0.135. The second-order valence-electron chi connectivity index (χ2n) is 3.03. The average Bonchev–Trinajstić information content (AvgIpc) is 2.54. The summed E-state index contributed by atoms with van der Waals surface area (Å²) in [7, 11) is 0. The Kier molecular flexibility index (Phi) is 4.94. The Morgan fingerprint density at radius 2 is 2.20 bits per heavy atom. The molecule has 0 fully saturated rings.